The van der Waals surface area contributed by atoms with Crippen molar-refractivity contribution in [3.8, 4) is 0 Å². The number of unbranched alkanes of at least 4 members (excludes halogenated alkanes) is 2. The molecule has 0 heterocycles. The van der Waals surface area contributed by atoms with E-state index < -0.39 is 0 Å². The Bertz CT molecular complexity index is 523. The highest BCUT2D eigenvalue weighted by Gasteiger charge is 2.03. The highest BCUT2D eigenvalue weighted by Crippen LogP contribution is 2.22. The molecule has 1 nitrogen and oxygen atoms in total. The Morgan fingerprint density at radius 1 is 1.06 bits per heavy atom. The number of benzene rings is 2. The molecule has 0 aliphatic carbocycles. The number of hydrogen-bond acceptors (Lipinski definition) is 1. The van der Waals surface area contributed by atoms with Gasteiger partial charge in [-0.1, -0.05) is 68.8 Å². The van der Waals surface area contributed by atoms with E-state index in [0.717, 1.165) is 12.2 Å². The molecule has 0 unspecified atom stereocenters. The Morgan fingerprint density at radius 2 is 1.83 bits per heavy atom. The Morgan fingerprint density at radius 3 is 2.67 bits per heavy atom. The summed E-state index contributed by atoms with van der Waals surface area (Å²) >= 11 is 0. The van der Waals surface area contributed by atoms with Gasteiger partial charge in [-0.3, -0.25) is 0 Å². The van der Waals surface area contributed by atoms with E-state index in [1.54, 1.807) is 0 Å². The van der Waals surface area contributed by atoms with Crippen LogP contribution in [0.25, 0.3) is 16.5 Å². The smallest absolute Gasteiger partial charge is 0.0347 e. The minimum Gasteiger partial charge on any atom is -0.385 e. The van der Waals surface area contributed by atoms with Gasteiger partial charge >= 0.3 is 0 Å². The molecular formula is C17H21N. The molecule has 0 aromatic heterocycles. The van der Waals surface area contributed by atoms with E-state index >= 15 is 0 Å². The summed E-state index contributed by atoms with van der Waals surface area (Å²) in [6.07, 6.45) is 3.73. The second-order valence-corrected chi connectivity index (χ2v) is 4.64. The minimum absolute atomic E-state index is 1.01. The highest BCUT2D eigenvalue weighted by atomic mass is 14.9. The van der Waals surface area contributed by atoms with Crippen LogP contribution in [-0.2, 0) is 0 Å². The first-order valence-corrected chi connectivity index (χ1v) is 6.74. The van der Waals surface area contributed by atoms with E-state index in [9.17, 15) is 0 Å². The molecule has 0 saturated carbocycles. The first-order valence-electron chi connectivity index (χ1n) is 6.74. The van der Waals surface area contributed by atoms with Crippen LogP contribution in [0.4, 0.5) is 0 Å². The number of rotatable bonds is 6. The molecule has 0 aliphatic heterocycles. The molecule has 0 amide bonds. The summed E-state index contributed by atoms with van der Waals surface area (Å²) in [7, 11) is 0. The molecule has 18 heavy (non-hydrogen) atoms. The van der Waals surface area contributed by atoms with Crippen LogP contribution in [0.15, 0.2) is 49.0 Å². The van der Waals surface area contributed by atoms with E-state index in [1.807, 2.05) is 0 Å². The number of hydrogen-bond donors (Lipinski definition) is 1. The summed E-state index contributed by atoms with van der Waals surface area (Å²) in [6, 6.07) is 14.8. The number of fused-ring (bicyclic) bond motifs is 1. The van der Waals surface area contributed by atoms with Crippen molar-refractivity contribution < 1.29 is 0 Å². The average molecular weight is 239 g/mol. The maximum absolute atomic E-state index is 4.16. The van der Waals surface area contributed by atoms with E-state index in [1.165, 1.54) is 35.6 Å². The molecule has 2 rings (SSSR count). The monoisotopic (exact) mass is 239 g/mol. The summed E-state index contributed by atoms with van der Waals surface area (Å²) in [5.41, 5.74) is 2.24. The zero-order valence-electron chi connectivity index (χ0n) is 11.1. The lowest BCUT2D eigenvalue weighted by Crippen LogP contribution is -2.13. The third-order valence-corrected chi connectivity index (χ3v) is 3.23. The zero-order valence-corrected chi connectivity index (χ0v) is 11.1. The topological polar surface area (TPSA) is 12.0 Å². The van der Waals surface area contributed by atoms with Crippen LogP contribution in [0.3, 0.4) is 0 Å². The maximum Gasteiger partial charge on any atom is 0.0347 e. The lowest BCUT2D eigenvalue weighted by atomic mass is 10.0. The van der Waals surface area contributed by atoms with E-state index in [2.05, 4.69) is 61.3 Å². The molecule has 0 aliphatic rings. The van der Waals surface area contributed by atoms with Gasteiger partial charge in [0.15, 0.2) is 0 Å². The second-order valence-electron chi connectivity index (χ2n) is 4.64. The van der Waals surface area contributed by atoms with Gasteiger partial charge in [0.25, 0.3) is 0 Å². The maximum atomic E-state index is 4.16. The van der Waals surface area contributed by atoms with Crippen LogP contribution < -0.4 is 5.32 Å². The van der Waals surface area contributed by atoms with Crippen molar-refractivity contribution in [2.75, 3.05) is 6.54 Å². The van der Waals surface area contributed by atoms with Crippen molar-refractivity contribution in [3.63, 3.8) is 0 Å². The van der Waals surface area contributed by atoms with Gasteiger partial charge in [0.05, 0.1) is 0 Å². The van der Waals surface area contributed by atoms with Crippen LogP contribution in [0, 0.1) is 0 Å². The largest absolute Gasteiger partial charge is 0.385 e. The molecule has 0 spiro atoms. The van der Waals surface area contributed by atoms with Gasteiger partial charge < -0.3 is 5.32 Å². The Labute approximate surface area is 110 Å². The summed E-state index contributed by atoms with van der Waals surface area (Å²) in [5, 5.41) is 5.97. The molecule has 1 heteroatoms. The molecule has 94 valence electrons. The lowest BCUT2D eigenvalue weighted by molar-refractivity contribution is 0.690. The van der Waals surface area contributed by atoms with Crippen molar-refractivity contribution in [3.05, 3.63) is 54.6 Å². The second kappa shape index (κ2) is 6.25. The standard InChI is InChI=1S/C17H21N/c1-3-4-7-13-18-14(2)16-12-8-10-15-9-5-6-11-17(15)16/h5-6,8-12,18H,2-4,7,13H2,1H3. The first kappa shape index (κ1) is 12.7. The predicted molar refractivity (Wildman–Crippen MR) is 80.5 cm³/mol. The molecule has 2 aromatic carbocycles. The fraction of sp³-hybridized carbons (Fsp3) is 0.294. The molecule has 0 radical (unpaired) electrons. The van der Waals surface area contributed by atoms with Gasteiger partial charge in [-0.25, -0.2) is 0 Å². The van der Waals surface area contributed by atoms with Gasteiger partial charge in [0, 0.05) is 17.8 Å². The minimum atomic E-state index is 1.01. The zero-order chi connectivity index (χ0) is 12.8. The third-order valence-electron chi connectivity index (χ3n) is 3.23. The number of nitrogens with one attached hydrogen (secondary N) is 1. The molecule has 2 aromatic rings. The van der Waals surface area contributed by atoms with Gasteiger partial charge in [-0.2, -0.15) is 0 Å². The van der Waals surface area contributed by atoms with Crippen LogP contribution >= 0.6 is 0 Å². The van der Waals surface area contributed by atoms with Crippen molar-refractivity contribution in [2.24, 2.45) is 0 Å². The summed E-state index contributed by atoms with van der Waals surface area (Å²) in [5.74, 6) is 0. The Hall–Kier alpha value is -1.76. The molecular weight excluding hydrogens is 218 g/mol. The van der Waals surface area contributed by atoms with Crippen molar-refractivity contribution in [2.45, 2.75) is 26.2 Å². The average Bonchev–Trinajstić information content (AvgIpc) is 2.43. The molecule has 1 N–H and O–H groups in total. The van der Waals surface area contributed by atoms with Gasteiger partial charge in [0.1, 0.15) is 0 Å². The fourth-order valence-electron chi connectivity index (χ4n) is 2.20. The lowest BCUT2D eigenvalue weighted by Gasteiger charge is -2.12. The van der Waals surface area contributed by atoms with E-state index in [4.69, 9.17) is 0 Å². The Balaban J connectivity index is 2.13. The van der Waals surface area contributed by atoms with Crippen molar-refractivity contribution in [1.82, 2.24) is 5.32 Å². The summed E-state index contributed by atoms with van der Waals surface area (Å²) in [4.78, 5) is 0. The highest BCUT2D eigenvalue weighted by molar-refractivity contribution is 5.93. The van der Waals surface area contributed by atoms with E-state index in [-0.39, 0.29) is 0 Å². The molecule has 0 bridgehead atoms. The van der Waals surface area contributed by atoms with Gasteiger partial charge in [0.2, 0.25) is 0 Å². The quantitative estimate of drug-likeness (QED) is 0.727. The fourth-order valence-corrected chi connectivity index (χ4v) is 2.20. The van der Waals surface area contributed by atoms with Crippen molar-refractivity contribution in [1.29, 1.82) is 0 Å². The van der Waals surface area contributed by atoms with Gasteiger partial charge in [-0.15, -0.1) is 0 Å². The predicted octanol–water partition coefficient (Wildman–Crippen LogP) is 4.59. The van der Waals surface area contributed by atoms with Crippen LogP contribution in [0.5, 0.6) is 0 Å². The summed E-state index contributed by atoms with van der Waals surface area (Å²) < 4.78 is 0. The molecule has 0 fully saturated rings. The SMILES string of the molecule is C=C(NCCCCC)c1cccc2ccccc12. The third kappa shape index (κ3) is 2.92. The normalized spacial score (nSPS) is 10.5. The molecule has 0 saturated heterocycles. The van der Waals surface area contributed by atoms with Crippen molar-refractivity contribution >= 4 is 16.5 Å². The molecule has 0 atom stereocenters. The van der Waals surface area contributed by atoms with E-state index in [0.29, 0.717) is 0 Å². The summed E-state index contributed by atoms with van der Waals surface area (Å²) in [6.45, 7) is 7.39. The van der Waals surface area contributed by atoms with Crippen LogP contribution in [-0.4, -0.2) is 6.54 Å². The van der Waals surface area contributed by atoms with Gasteiger partial charge in [-0.05, 0) is 17.2 Å². The first-order chi connectivity index (χ1) is 8.83. The van der Waals surface area contributed by atoms with Crippen LogP contribution in [0.1, 0.15) is 31.7 Å². The van der Waals surface area contributed by atoms with Crippen LogP contribution in [0.2, 0.25) is 0 Å². The Kier molecular flexibility index (Phi) is 4.40.